The number of thiocarbonyl (C=S) groups is 1. The fourth-order valence-corrected chi connectivity index (χ4v) is 5.86. The number of ketones is 1. The van der Waals surface area contributed by atoms with Gasteiger partial charge in [0.2, 0.25) is 0 Å². The van der Waals surface area contributed by atoms with Crippen molar-refractivity contribution in [1.82, 2.24) is 4.90 Å². The van der Waals surface area contributed by atoms with Gasteiger partial charge in [0, 0.05) is 12.0 Å². The average molecular weight is 624 g/mol. The summed E-state index contributed by atoms with van der Waals surface area (Å²) in [4.78, 5) is 39.4. The zero-order chi connectivity index (χ0) is 31.1. The molecule has 0 aliphatic carbocycles. The Labute approximate surface area is 263 Å². The normalized spacial score (nSPS) is 14.8. The molecule has 1 heterocycles. The molecule has 0 aromatic heterocycles. The topological polar surface area (TPSA) is 83.9 Å². The number of carbonyl (C=O) groups is 3. The van der Waals surface area contributed by atoms with Gasteiger partial charge in [-0.05, 0) is 70.8 Å². The van der Waals surface area contributed by atoms with Crippen molar-refractivity contribution in [3.05, 3.63) is 148 Å². The van der Waals surface area contributed by atoms with E-state index in [1.54, 1.807) is 60.7 Å². The number of carboxylic acid groups (broad SMARTS) is 1. The Morgan fingerprint density at radius 2 is 1.59 bits per heavy atom. The lowest BCUT2D eigenvalue weighted by Gasteiger charge is -2.23. The van der Waals surface area contributed by atoms with Crippen LogP contribution in [0.4, 0.5) is 4.39 Å². The Morgan fingerprint density at radius 3 is 2.27 bits per heavy atom. The molecule has 1 amide bonds. The van der Waals surface area contributed by atoms with Crippen LogP contribution in [0.15, 0.2) is 114 Å². The number of aliphatic carboxylic acids is 1. The molecule has 1 aliphatic rings. The number of carbonyl (C=O) groups excluding carboxylic acids is 2. The third-order valence-electron chi connectivity index (χ3n) is 6.79. The first-order valence-corrected chi connectivity index (χ1v) is 14.8. The molecule has 1 saturated heterocycles. The second-order valence-corrected chi connectivity index (χ2v) is 11.6. The molecule has 4 aromatic carbocycles. The Morgan fingerprint density at radius 1 is 0.909 bits per heavy atom. The number of nitrogens with zero attached hydrogens (tertiary/aromatic N) is 1. The van der Waals surface area contributed by atoms with Gasteiger partial charge in [-0.3, -0.25) is 14.5 Å². The SMILES string of the molecule is O=C(/C=C/c1ccc(/C=C2\SC(=S)N(C(Cc3ccccc3)C(=O)O)C2=O)cc1)c1ccc(OCc2cccc(F)c2)cc1. The molecule has 0 saturated carbocycles. The van der Waals surface area contributed by atoms with Crippen LogP contribution >= 0.6 is 24.0 Å². The van der Waals surface area contributed by atoms with E-state index in [0.29, 0.717) is 21.8 Å². The van der Waals surface area contributed by atoms with Crippen LogP contribution in [0.5, 0.6) is 5.75 Å². The van der Waals surface area contributed by atoms with E-state index in [2.05, 4.69) is 0 Å². The van der Waals surface area contributed by atoms with Crippen molar-refractivity contribution in [2.24, 2.45) is 0 Å². The van der Waals surface area contributed by atoms with Gasteiger partial charge in [0.05, 0.1) is 4.91 Å². The second kappa shape index (κ2) is 14.1. The van der Waals surface area contributed by atoms with Gasteiger partial charge >= 0.3 is 5.97 Å². The van der Waals surface area contributed by atoms with Gasteiger partial charge in [-0.15, -0.1) is 0 Å². The third-order valence-corrected chi connectivity index (χ3v) is 8.12. The quantitative estimate of drug-likeness (QED) is 0.108. The van der Waals surface area contributed by atoms with Crippen LogP contribution in [-0.2, 0) is 22.6 Å². The Kier molecular flexibility index (Phi) is 9.79. The highest BCUT2D eigenvalue weighted by Gasteiger charge is 2.40. The molecule has 1 aliphatic heterocycles. The molecule has 1 unspecified atom stereocenters. The summed E-state index contributed by atoms with van der Waals surface area (Å²) in [7, 11) is 0. The van der Waals surface area contributed by atoms with Gasteiger partial charge in [-0.25, -0.2) is 9.18 Å². The van der Waals surface area contributed by atoms with Crippen molar-refractivity contribution >= 4 is 58.1 Å². The fraction of sp³-hybridized carbons (Fsp3) is 0.0857. The number of rotatable bonds is 11. The minimum Gasteiger partial charge on any atom is -0.489 e. The third kappa shape index (κ3) is 7.75. The molecule has 1 fully saturated rings. The lowest BCUT2D eigenvalue weighted by atomic mass is 10.0. The summed E-state index contributed by atoms with van der Waals surface area (Å²) in [5.74, 6) is -1.50. The highest BCUT2D eigenvalue weighted by Crippen LogP contribution is 2.35. The number of ether oxygens (including phenoxy) is 1. The highest BCUT2D eigenvalue weighted by atomic mass is 32.2. The first kappa shape index (κ1) is 30.6. The predicted octanol–water partition coefficient (Wildman–Crippen LogP) is 7.20. The molecule has 9 heteroatoms. The van der Waals surface area contributed by atoms with E-state index in [0.717, 1.165) is 28.5 Å². The van der Waals surface area contributed by atoms with E-state index in [-0.39, 0.29) is 28.9 Å². The zero-order valence-electron chi connectivity index (χ0n) is 23.3. The molecule has 1 atom stereocenters. The van der Waals surface area contributed by atoms with Crippen molar-refractivity contribution in [2.75, 3.05) is 0 Å². The smallest absolute Gasteiger partial charge is 0.327 e. The van der Waals surface area contributed by atoms with Crippen LogP contribution in [0.3, 0.4) is 0 Å². The summed E-state index contributed by atoms with van der Waals surface area (Å²) in [6, 6.07) is 28.1. The van der Waals surface area contributed by atoms with Crippen LogP contribution in [-0.4, -0.2) is 38.0 Å². The number of carboxylic acids is 1. The minimum absolute atomic E-state index is 0.143. The van der Waals surface area contributed by atoms with Crippen molar-refractivity contribution in [3.8, 4) is 5.75 Å². The Bertz CT molecular complexity index is 1750. The lowest BCUT2D eigenvalue weighted by molar-refractivity contribution is -0.145. The summed E-state index contributed by atoms with van der Waals surface area (Å²) >= 11 is 6.47. The summed E-state index contributed by atoms with van der Waals surface area (Å²) in [6.07, 6.45) is 4.99. The van der Waals surface area contributed by atoms with Crippen molar-refractivity contribution in [2.45, 2.75) is 19.1 Å². The summed E-state index contributed by atoms with van der Waals surface area (Å²) in [5.41, 5.74) is 3.51. The molecule has 6 nitrogen and oxygen atoms in total. The molecule has 0 bridgehead atoms. The van der Waals surface area contributed by atoms with Crippen LogP contribution in [0, 0.1) is 5.82 Å². The average Bonchev–Trinajstić information content (AvgIpc) is 3.30. The van der Waals surface area contributed by atoms with E-state index in [4.69, 9.17) is 17.0 Å². The monoisotopic (exact) mass is 623 g/mol. The lowest BCUT2D eigenvalue weighted by Crippen LogP contribution is -2.45. The molecular weight excluding hydrogens is 598 g/mol. The largest absolute Gasteiger partial charge is 0.489 e. The minimum atomic E-state index is -1.12. The molecule has 220 valence electrons. The number of hydrogen-bond acceptors (Lipinski definition) is 6. The van der Waals surface area contributed by atoms with Gasteiger partial charge in [-0.1, -0.05) is 96.8 Å². The second-order valence-electron chi connectivity index (χ2n) is 9.90. The maximum atomic E-state index is 13.3. The molecule has 4 aromatic rings. The Hall–Kier alpha value is -4.86. The van der Waals surface area contributed by atoms with E-state index in [1.165, 1.54) is 23.1 Å². The van der Waals surface area contributed by atoms with Crippen molar-refractivity contribution in [1.29, 1.82) is 0 Å². The van der Waals surface area contributed by atoms with Crippen LogP contribution in [0.1, 0.15) is 32.6 Å². The molecule has 5 rings (SSSR count). The zero-order valence-corrected chi connectivity index (χ0v) is 24.9. The first-order chi connectivity index (χ1) is 21.3. The summed E-state index contributed by atoms with van der Waals surface area (Å²) in [6.45, 7) is 0.215. The van der Waals surface area contributed by atoms with E-state index < -0.39 is 17.9 Å². The number of allylic oxidation sites excluding steroid dienone is 1. The molecular formula is C35H26FNO5S2. The Balaban J connectivity index is 1.19. The maximum Gasteiger partial charge on any atom is 0.327 e. The van der Waals surface area contributed by atoms with Crippen molar-refractivity contribution in [3.63, 3.8) is 0 Å². The van der Waals surface area contributed by atoms with Gasteiger partial charge in [-0.2, -0.15) is 0 Å². The number of amides is 1. The molecule has 1 N–H and O–H groups in total. The first-order valence-electron chi connectivity index (χ1n) is 13.6. The number of thioether (sulfide) groups is 1. The predicted molar refractivity (Wildman–Crippen MR) is 174 cm³/mol. The standard InChI is InChI=1S/C35H26FNO5S2/c36-28-8-4-7-26(19-28)22-42-29-16-14-27(15-17-29)31(38)18-13-23-9-11-25(12-10-23)21-32-33(39)37(35(43)44-32)30(34(40)41)20-24-5-2-1-3-6-24/h1-19,21,30H,20,22H2,(H,40,41)/b18-13+,32-21-. The van der Waals surface area contributed by atoms with E-state index in [1.807, 2.05) is 42.5 Å². The van der Waals surface area contributed by atoms with Crippen molar-refractivity contribution < 1.29 is 28.6 Å². The summed E-state index contributed by atoms with van der Waals surface area (Å²) in [5, 5.41) is 9.85. The molecule has 44 heavy (non-hydrogen) atoms. The molecule has 0 spiro atoms. The maximum absolute atomic E-state index is 13.3. The van der Waals surface area contributed by atoms with Crippen LogP contribution < -0.4 is 4.74 Å². The fourth-order valence-electron chi connectivity index (χ4n) is 4.51. The van der Waals surface area contributed by atoms with Crippen LogP contribution in [0.2, 0.25) is 0 Å². The van der Waals surface area contributed by atoms with E-state index in [9.17, 15) is 23.9 Å². The van der Waals surface area contributed by atoms with E-state index >= 15 is 0 Å². The van der Waals surface area contributed by atoms with Gasteiger partial charge in [0.25, 0.3) is 5.91 Å². The van der Waals surface area contributed by atoms with Gasteiger partial charge in [0.15, 0.2) is 5.78 Å². The molecule has 0 radical (unpaired) electrons. The highest BCUT2D eigenvalue weighted by molar-refractivity contribution is 8.26. The summed E-state index contributed by atoms with van der Waals surface area (Å²) < 4.78 is 19.2. The number of benzene rings is 4. The van der Waals surface area contributed by atoms with Gasteiger partial charge < -0.3 is 9.84 Å². The van der Waals surface area contributed by atoms with Gasteiger partial charge in [0.1, 0.15) is 28.5 Å². The number of halogens is 1. The van der Waals surface area contributed by atoms with Crippen LogP contribution in [0.25, 0.3) is 12.2 Å². The number of hydrogen-bond donors (Lipinski definition) is 1.